The van der Waals surface area contributed by atoms with Crippen LogP contribution in [0.2, 0.25) is 0 Å². The summed E-state index contributed by atoms with van der Waals surface area (Å²) < 4.78 is 39.0. The maximum absolute atomic E-state index is 9.15. The number of hydrogen-bond donors (Lipinski definition) is 4. The predicted octanol–water partition coefficient (Wildman–Crippen LogP) is 2.33. The molecule has 0 unspecified atom stereocenters. The Morgan fingerprint density at radius 3 is 1.61 bits per heavy atom. The van der Waals surface area contributed by atoms with Gasteiger partial charge in [-0.2, -0.15) is 8.42 Å². The van der Waals surface area contributed by atoms with Crippen LogP contribution in [0.15, 0.2) is 81.3 Å². The number of aromatic nitrogens is 6. The van der Waals surface area contributed by atoms with Crippen LogP contribution in [0.4, 0.5) is 4.79 Å². The van der Waals surface area contributed by atoms with Crippen LogP contribution < -0.4 is 0 Å². The first-order valence-electron chi connectivity index (χ1n) is 9.39. The molecular weight excluding hydrogens is 611 g/mol. The molecule has 0 radical (unpaired) electrons. The minimum Gasteiger partial charge on any atom is -0.450 e. The van der Waals surface area contributed by atoms with Crippen molar-refractivity contribution in [1.82, 2.24) is 38.9 Å². The van der Waals surface area contributed by atoms with E-state index in [1.54, 1.807) is 50.0 Å². The molecule has 0 bridgehead atoms. The highest BCUT2D eigenvalue weighted by molar-refractivity contribution is 14.0. The number of carboxylic acid groups (broad SMARTS) is 1. The zero-order valence-electron chi connectivity index (χ0n) is 20.3. The van der Waals surface area contributed by atoms with Crippen LogP contribution in [0.1, 0.15) is 0 Å². The van der Waals surface area contributed by atoms with Crippen molar-refractivity contribution in [3.05, 3.63) is 81.3 Å². The van der Waals surface area contributed by atoms with Gasteiger partial charge in [-0.25, -0.2) is 19.7 Å². The maximum atomic E-state index is 9.15. The van der Waals surface area contributed by atoms with Gasteiger partial charge in [0, 0.05) is 70.7 Å². The topological polar surface area (TPSA) is 192 Å². The van der Waals surface area contributed by atoms with Crippen molar-refractivity contribution < 1.29 is 32.2 Å². The SMILES string of the molecule is C=CN1C=CN(C)C1.COC(=O)O.Cn1ccnc1.Cn1ccnc1.I.O=S(=O)(O)O.c1c[nH]cn1. The van der Waals surface area contributed by atoms with Gasteiger partial charge in [0.15, 0.2) is 0 Å². The minimum atomic E-state index is -4.67. The van der Waals surface area contributed by atoms with Gasteiger partial charge in [-0.1, -0.05) is 6.58 Å². The van der Waals surface area contributed by atoms with Crippen LogP contribution in [-0.4, -0.2) is 88.5 Å². The highest BCUT2D eigenvalue weighted by Crippen LogP contribution is 2.01. The van der Waals surface area contributed by atoms with Crippen LogP contribution in [-0.2, 0) is 29.2 Å². The number of nitrogens with zero attached hydrogens (tertiary/aromatic N) is 7. The van der Waals surface area contributed by atoms with Crippen LogP contribution >= 0.6 is 24.0 Å². The lowest BCUT2D eigenvalue weighted by Crippen LogP contribution is -2.16. The second-order valence-corrected chi connectivity index (χ2v) is 6.92. The van der Waals surface area contributed by atoms with Gasteiger partial charge in [0.2, 0.25) is 0 Å². The third kappa shape index (κ3) is 32.8. The Morgan fingerprint density at radius 2 is 1.50 bits per heavy atom. The summed E-state index contributed by atoms with van der Waals surface area (Å²) in [6.45, 7) is 4.56. The lowest BCUT2D eigenvalue weighted by molar-refractivity contribution is 0.113. The fraction of sp³-hybridized carbons (Fsp3) is 0.263. The molecule has 17 heteroatoms. The smallest absolute Gasteiger partial charge is 0.450 e. The number of aromatic amines is 1. The van der Waals surface area contributed by atoms with E-state index in [0.29, 0.717) is 0 Å². The van der Waals surface area contributed by atoms with E-state index < -0.39 is 16.6 Å². The van der Waals surface area contributed by atoms with Crippen LogP contribution in [0, 0.1) is 0 Å². The first kappa shape index (κ1) is 37.1. The summed E-state index contributed by atoms with van der Waals surface area (Å²) in [6.07, 6.45) is 20.4. The summed E-state index contributed by atoms with van der Waals surface area (Å²) in [5, 5.41) is 7.50. The largest absolute Gasteiger partial charge is 0.505 e. The summed E-state index contributed by atoms with van der Waals surface area (Å²) >= 11 is 0. The van der Waals surface area contributed by atoms with Gasteiger partial charge in [-0.3, -0.25) is 9.11 Å². The minimum absolute atomic E-state index is 0. The number of methoxy groups -OCH3 is 1. The average molecular weight is 644 g/mol. The zero-order valence-corrected chi connectivity index (χ0v) is 23.4. The van der Waals surface area contributed by atoms with Crippen molar-refractivity contribution in [2.24, 2.45) is 14.1 Å². The van der Waals surface area contributed by atoms with E-state index in [1.807, 2.05) is 60.0 Å². The average Bonchev–Trinajstić information content (AvgIpc) is 3.58. The molecule has 0 aliphatic carbocycles. The van der Waals surface area contributed by atoms with Crippen molar-refractivity contribution in [2.45, 2.75) is 0 Å². The van der Waals surface area contributed by atoms with Crippen molar-refractivity contribution in [3.8, 4) is 0 Å². The molecule has 0 amide bonds. The second-order valence-electron chi connectivity index (χ2n) is 6.03. The highest BCUT2D eigenvalue weighted by Gasteiger charge is 2.01. The summed E-state index contributed by atoms with van der Waals surface area (Å²) in [4.78, 5) is 27.2. The summed E-state index contributed by atoms with van der Waals surface area (Å²) in [7, 11) is 2.34. The molecule has 0 spiro atoms. The van der Waals surface area contributed by atoms with Crippen LogP contribution in [0.25, 0.3) is 0 Å². The lowest BCUT2D eigenvalue weighted by Gasteiger charge is -2.11. The van der Waals surface area contributed by atoms with E-state index >= 15 is 0 Å². The highest BCUT2D eigenvalue weighted by atomic mass is 127. The fourth-order valence-electron chi connectivity index (χ4n) is 1.54. The first-order valence-corrected chi connectivity index (χ1v) is 10.8. The van der Waals surface area contributed by atoms with E-state index in [0.717, 1.165) is 13.8 Å². The monoisotopic (exact) mass is 644 g/mol. The Bertz CT molecular complexity index is 941. The molecule has 204 valence electrons. The van der Waals surface area contributed by atoms with Gasteiger partial charge in [0.1, 0.15) is 0 Å². The Balaban J connectivity index is -0.000000365. The van der Waals surface area contributed by atoms with Gasteiger partial charge in [0.05, 0.1) is 32.8 Å². The predicted molar refractivity (Wildman–Crippen MR) is 143 cm³/mol. The van der Waals surface area contributed by atoms with Crippen molar-refractivity contribution in [1.29, 1.82) is 0 Å². The summed E-state index contributed by atoms with van der Waals surface area (Å²) in [6, 6.07) is 0. The Kier molecular flexibility index (Phi) is 24.1. The summed E-state index contributed by atoms with van der Waals surface area (Å²) in [5.74, 6) is 0. The molecule has 4 rings (SSSR count). The molecule has 0 saturated carbocycles. The molecule has 36 heavy (non-hydrogen) atoms. The number of ether oxygens (including phenoxy) is 1. The summed E-state index contributed by atoms with van der Waals surface area (Å²) in [5.41, 5.74) is 0. The Morgan fingerprint density at radius 1 is 1.03 bits per heavy atom. The quantitative estimate of drug-likeness (QED) is 0.172. The Labute approximate surface area is 227 Å². The fourth-order valence-corrected chi connectivity index (χ4v) is 1.54. The van der Waals surface area contributed by atoms with Crippen LogP contribution in [0.5, 0.6) is 0 Å². The lowest BCUT2D eigenvalue weighted by atomic mass is 10.8. The van der Waals surface area contributed by atoms with Crippen molar-refractivity contribution in [3.63, 3.8) is 0 Å². The van der Waals surface area contributed by atoms with Gasteiger partial charge in [0.25, 0.3) is 0 Å². The van der Waals surface area contributed by atoms with Crippen molar-refractivity contribution in [2.75, 3.05) is 20.8 Å². The number of rotatable bonds is 1. The number of aryl methyl sites for hydroxylation is 2. The van der Waals surface area contributed by atoms with E-state index in [4.69, 9.17) is 27.4 Å². The number of nitrogens with one attached hydrogen (secondary N) is 1. The molecule has 15 nitrogen and oxygen atoms in total. The molecule has 1 aliphatic heterocycles. The molecule has 3 aromatic rings. The molecule has 0 fully saturated rings. The maximum Gasteiger partial charge on any atom is 0.505 e. The van der Waals surface area contributed by atoms with Crippen LogP contribution in [0.3, 0.4) is 0 Å². The molecule has 0 atom stereocenters. The van der Waals surface area contributed by atoms with E-state index in [-0.39, 0.29) is 24.0 Å². The molecule has 4 heterocycles. The second kappa shape index (κ2) is 23.3. The molecular formula is C19H33IN8O7S. The van der Waals surface area contributed by atoms with Gasteiger partial charge >= 0.3 is 16.6 Å². The van der Waals surface area contributed by atoms with E-state index in [9.17, 15) is 0 Å². The molecule has 3 aromatic heterocycles. The normalized spacial score (nSPS) is 10.5. The molecule has 4 N–H and O–H groups in total. The van der Waals surface area contributed by atoms with Gasteiger partial charge in [-0.05, 0) is 6.20 Å². The zero-order chi connectivity index (χ0) is 27.1. The number of imidazole rings is 3. The standard InChI is InChI=1S/C6H10N2.2C4H6N2.C3H4N2.C2H4O3.HI.H2O4S/c1-3-8-5-4-7(2)6-8;2*1-6-3-2-5-4-6;1-2-5-3-4-1;1-5-2(3)4;;1-5(2,3)4/h3-5H,1,6H2,2H3;2*2-4H,1H3;1-3H,(H,4,5);1H3,(H,3,4);1H;(H2,1,2,3,4). The molecule has 0 saturated heterocycles. The molecule has 0 aromatic carbocycles. The van der Waals surface area contributed by atoms with Gasteiger partial charge in [-0.15, -0.1) is 24.0 Å². The van der Waals surface area contributed by atoms with E-state index in [2.05, 4.69) is 36.2 Å². The Hall–Kier alpha value is -3.42. The number of hydrogen-bond acceptors (Lipinski definition) is 9. The van der Waals surface area contributed by atoms with E-state index in [1.165, 1.54) is 0 Å². The number of halogens is 1. The first-order chi connectivity index (χ1) is 16.4. The number of H-pyrrole nitrogens is 1. The van der Waals surface area contributed by atoms with Crippen molar-refractivity contribution >= 4 is 40.5 Å². The molecule has 1 aliphatic rings. The third-order valence-electron chi connectivity index (χ3n) is 2.99. The van der Waals surface area contributed by atoms with Gasteiger partial charge < -0.3 is 33.8 Å². The third-order valence-corrected chi connectivity index (χ3v) is 2.99. The number of carbonyl (C=O) groups is 1.